The van der Waals surface area contributed by atoms with Crippen molar-refractivity contribution in [1.29, 1.82) is 0 Å². The van der Waals surface area contributed by atoms with Gasteiger partial charge in [0.1, 0.15) is 14.6 Å². The first-order valence-electron chi connectivity index (χ1n) is 13.4. The zero-order valence-corrected chi connectivity index (χ0v) is 22.9. The maximum absolute atomic E-state index is 15.5. The third-order valence-electron chi connectivity index (χ3n) is 7.10. The van der Waals surface area contributed by atoms with Crippen molar-refractivity contribution in [2.24, 2.45) is 4.36 Å². The van der Waals surface area contributed by atoms with Gasteiger partial charge in [0.25, 0.3) is 0 Å². The molecule has 0 aliphatic carbocycles. The van der Waals surface area contributed by atoms with Crippen molar-refractivity contribution in [3.05, 3.63) is 169 Å². The lowest BCUT2D eigenvalue weighted by atomic mass is 9.95. The van der Waals surface area contributed by atoms with E-state index >= 15 is 4.21 Å². The molecule has 0 fully saturated rings. The van der Waals surface area contributed by atoms with Crippen LogP contribution < -0.4 is 0 Å². The Balaban J connectivity index is 1.63. The Labute approximate surface area is 239 Å². The Hall–Kier alpha value is -5.13. The second-order valence-corrected chi connectivity index (χ2v) is 11.8. The second kappa shape index (κ2) is 10.5. The lowest BCUT2D eigenvalue weighted by Crippen LogP contribution is -2.14. The molecule has 5 aromatic carbocycles. The van der Waals surface area contributed by atoms with Gasteiger partial charge in [-0.25, -0.2) is 14.2 Å². The molecule has 4 nitrogen and oxygen atoms in total. The van der Waals surface area contributed by atoms with E-state index in [1.54, 1.807) is 0 Å². The van der Waals surface area contributed by atoms with Crippen LogP contribution in [0.15, 0.2) is 161 Å². The van der Waals surface area contributed by atoms with Gasteiger partial charge in [-0.05, 0) is 29.8 Å². The first-order valence-corrected chi connectivity index (χ1v) is 14.9. The molecule has 6 aromatic rings. The van der Waals surface area contributed by atoms with Crippen molar-refractivity contribution in [3.63, 3.8) is 0 Å². The summed E-state index contributed by atoms with van der Waals surface area (Å²) in [6.45, 7) is 0. The van der Waals surface area contributed by atoms with E-state index in [0.29, 0.717) is 21.3 Å². The largest absolute Gasteiger partial charge is 0.239 e. The fourth-order valence-electron chi connectivity index (χ4n) is 5.17. The van der Waals surface area contributed by atoms with Crippen LogP contribution in [0.2, 0.25) is 0 Å². The van der Waals surface area contributed by atoms with Crippen LogP contribution >= 0.6 is 0 Å². The summed E-state index contributed by atoms with van der Waals surface area (Å²) in [5.74, 6) is 0.399. The number of hydrogen-bond acceptors (Lipinski definition) is 4. The topological polar surface area (TPSA) is 55.2 Å². The normalized spacial score (nSPS) is 16.1. The summed E-state index contributed by atoms with van der Waals surface area (Å²) in [6.07, 6.45) is 0. The highest BCUT2D eigenvalue weighted by molar-refractivity contribution is 8.03. The third kappa shape index (κ3) is 4.56. The lowest BCUT2D eigenvalue weighted by Gasteiger charge is -2.25. The molecule has 7 rings (SSSR count). The zero-order chi connectivity index (χ0) is 27.6. The van der Waals surface area contributed by atoms with E-state index in [1.807, 2.05) is 152 Å². The maximum atomic E-state index is 15.5. The predicted molar refractivity (Wildman–Crippen MR) is 167 cm³/mol. The average Bonchev–Trinajstić information content (AvgIpc) is 3.05. The number of rotatable bonds is 5. The standard InChI is InChI=1S/C36H25N3OS/c40-41(29-21-11-4-12-22-29)35(34(28-19-9-3-10-20-28)30-23-13-14-24-31(30)39-41)36-37-32(26-15-5-1-6-16-26)25-33(38-36)27-17-7-2-8-18-27/h1-25H. The first kappa shape index (κ1) is 24.9. The Kier molecular flexibility index (Phi) is 6.34. The molecular formula is C36H25N3OS. The summed E-state index contributed by atoms with van der Waals surface area (Å²) in [4.78, 5) is 11.4. The van der Waals surface area contributed by atoms with Crippen LogP contribution in [0.25, 0.3) is 33.0 Å². The van der Waals surface area contributed by atoms with Crippen molar-refractivity contribution < 1.29 is 4.21 Å². The molecule has 0 N–H and O–H groups in total. The van der Waals surface area contributed by atoms with E-state index in [9.17, 15) is 0 Å². The van der Waals surface area contributed by atoms with Crippen LogP contribution in [-0.4, -0.2) is 14.2 Å². The van der Waals surface area contributed by atoms with Crippen LogP contribution in [0, 0.1) is 0 Å². The molecule has 0 radical (unpaired) electrons. The minimum absolute atomic E-state index is 0.399. The summed E-state index contributed by atoms with van der Waals surface area (Å²) >= 11 is 0. The van der Waals surface area contributed by atoms with E-state index in [1.165, 1.54) is 0 Å². The average molecular weight is 548 g/mol. The molecule has 0 spiro atoms. The molecule has 1 aliphatic heterocycles. The quantitative estimate of drug-likeness (QED) is 0.217. The number of benzene rings is 5. The van der Waals surface area contributed by atoms with Crippen LogP contribution in [0.1, 0.15) is 17.0 Å². The fraction of sp³-hybridized carbons (Fsp3) is 0. The molecule has 0 saturated carbocycles. The highest BCUT2D eigenvalue weighted by Gasteiger charge is 2.33. The third-order valence-corrected chi connectivity index (χ3v) is 9.40. The summed E-state index contributed by atoms with van der Waals surface area (Å²) in [5.41, 5.74) is 6.76. The van der Waals surface area contributed by atoms with Gasteiger partial charge in [-0.15, -0.1) is 0 Å². The van der Waals surface area contributed by atoms with E-state index in [4.69, 9.17) is 14.3 Å². The summed E-state index contributed by atoms with van der Waals surface area (Å²) in [6, 6.07) is 49.5. The van der Waals surface area contributed by atoms with Gasteiger partial charge in [-0.3, -0.25) is 0 Å². The van der Waals surface area contributed by atoms with Gasteiger partial charge in [0.2, 0.25) is 0 Å². The van der Waals surface area contributed by atoms with Gasteiger partial charge < -0.3 is 0 Å². The minimum atomic E-state index is -3.19. The molecule has 1 aliphatic rings. The fourth-order valence-corrected chi connectivity index (χ4v) is 7.41. The highest BCUT2D eigenvalue weighted by Crippen LogP contribution is 2.47. The van der Waals surface area contributed by atoms with E-state index in [-0.39, 0.29) is 0 Å². The molecular weight excluding hydrogens is 522 g/mol. The monoisotopic (exact) mass is 547 g/mol. The molecule has 1 aromatic heterocycles. The van der Waals surface area contributed by atoms with Gasteiger partial charge >= 0.3 is 0 Å². The number of fused-ring (bicyclic) bond motifs is 1. The number of aromatic nitrogens is 2. The number of hydrogen-bond donors (Lipinski definition) is 0. The summed E-state index contributed by atoms with van der Waals surface area (Å²) in [7, 11) is -3.19. The van der Waals surface area contributed by atoms with Crippen LogP contribution in [0.5, 0.6) is 0 Å². The van der Waals surface area contributed by atoms with Crippen molar-refractivity contribution in [1.82, 2.24) is 9.97 Å². The van der Waals surface area contributed by atoms with Crippen LogP contribution in [-0.2, 0) is 9.73 Å². The number of nitrogens with zero attached hydrogens (tertiary/aromatic N) is 3. The van der Waals surface area contributed by atoms with Crippen LogP contribution in [0.4, 0.5) is 5.69 Å². The van der Waals surface area contributed by atoms with Gasteiger partial charge in [0.15, 0.2) is 5.82 Å². The first-order chi connectivity index (χ1) is 20.2. The van der Waals surface area contributed by atoms with E-state index < -0.39 is 9.73 Å². The molecule has 1 unspecified atom stereocenters. The smallest absolute Gasteiger partial charge is 0.171 e. The Morgan fingerprint density at radius 2 is 0.951 bits per heavy atom. The van der Waals surface area contributed by atoms with Gasteiger partial charge in [-0.2, -0.15) is 4.36 Å². The van der Waals surface area contributed by atoms with Gasteiger partial charge in [-0.1, -0.05) is 127 Å². The maximum Gasteiger partial charge on any atom is 0.171 e. The SMILES string of the molecule is O=S1(c2ccccc2)=Nc2ccccc2C(c2ccccc2)=C1c1nc(-c2ccccc2)cc(-c2ccccc2)n1. The molecule has 41 heavy (non-hydrogen) atoms. The van der Waals surface area contributed by atoms with E-state index in [0.717, 1.165) is 39.2 Å². The Morgan fingerprint density at radius 3 is 1.51 bits per heavy atom. The molecule has 0 amide bonds. The lowest BCUT2D eigenvalue weighted by molar-refractivity contribution is 0.683. The second-order valence-electron chi connectivity index (χ2n) is 9.71. The highest BCUT2D eigenvalue weighted by atomic mass is 32.2. The summed E-state index contributed by atoms with van der Waals surface area (Å²) < 4.78 is 20.5. The van der Waals surface area contributed by atoms with Gasteiger partial charge in [0, 0.05) is 22.3 Å². The van der Waals surface area contributed by atoms with E-state index in [2.05, 4.69) is 0 Å². The minimum Gasteiger partial charge on any atom is -0.239 e. The molecule has 2 heterocycles. The van der Waals surface area contributed by atoms with Crippen LogP contribution in [0.3, 0.4) is 0 Å². The van der Waals surface area contributed by atoms with Crippen molar-refractivity contribution in [2.45, 2.75) is 4.90 Å². The predicted octanol–water partition coefficient (Wildman–Crippen LogP) is 8.90. The van der Waals surface area contributed by atoms with Crippen molar-refractivity contribution in [3.8, 4) is 22.5 Å². The molecule has 196 valence electrons. The molecule has 5 heteroatoms. The van der Waals surface area contributed by atoms with Gasteiger partial charge in [0.05, 0.1) is 22.0 Å². The molecule has 0 bridgehead atoms. The Bertz CT molecular complexity index is 1960. The summed E-state index contributed by atoms with van der Waals surface area (Å²) in [5, 5.41) is 0. The van der Waals surface area contributed by atoms with Crippen molar-refractivity contribution in [2.75, 3.05) is 0 Å². The Morgan fingerprint density at radius 1 is 0.488 bits per heavy atom. The zero-order valence-electron chi connectivity index (χ0n) is 22.1. The van der Waals surface area contributed by atoms with Crippen molar-refractivity contribution >= 4 is 25.9 Å². The molecule has 1 atom stereocenters. The molecule has 0 saturated heterocycles.